The summed E-state index contributed by atoms with van der Waals surface area (Å²) in [7, 11) is 0. The van der Waals surface area contributed by atoms with E-state index in [-0.39, 0.29) is 24.3 Å². The van der Waals surface area contributed by atoms with Gasteiger partial charge in [0.15, 0.2) is 5.13 Å². The number of urea groups is 1. The summed E-state index contributed by atoms with van der Waals surface area (Å²) in [6.07, 6.45) is 0.412. The number of aromatic nitrogens is 1. The molecule has 154 valence electrons. The minimum Gasteiger partial charge on any atom is -0.336 e. The van der Waals surface area contributed by atoms with Crippen molar-refractivity contribution in [1.29, 1.82) is 0 Å². The molecule has 1 saturated heterocycles. The summed E-state index contributed by atoms with van der Waals surface area (Å²) in [4.78, 5) is 43.0. The predicted octanol–water partition coefficient (Wildman–Crippen LogP) is 3.10. The first kappa shape index (κ1) is 20.0. The Morgan fingerprint density at radius 2 is 1.87 bits per heavy atom. The monoisotopic (exact) mass is 441 g/mol. The van der Waals surface area contributed by atoms with Gasteiger partial charge >= 0.3 is 6.03 Å². The molecule has 30 heavy (non-hydrogen) atoms. The Bertz CT molecular complexity index is 1050. The zero-order chi connectivity index (χ0) is 20.9. The van der Waals surface area contributed by atoms with Crippen LogP contribution in [0.4, 0.5) is 21.3 Å². The zero-order valence-corrected chi connectivity index (χ0v) is 17.5. The SMILES string of the molecule is O=C(Cc1csc(NC(=O)Cc2cccs2)n1)Nc1ccc(N2CCNC2=O)cc1. The van der Waals surface area contributed by atoms with Crippen molar-refractivity contribution in [3.8, 4) is 0 Å². The fourth-order valence-electron chi connectivity index (χ4n) is 2.99. The van der Waals surface area contributed by atoms with Crippen LogP contribution in [-0.2, 0) is 22.4 Å². The second kappa shape index (κ2) is 9.06. The molecule has 1 aromatic carbocycles. The molecule has 0 unspecified atom stereocenters. The molecule has 8 nitrogen and oxygen atoms in total. The summed E-state index contributed by atoms with van der Waals surface area (Å²) in [6, 6.07) is 10.8. The topological polar surface area (TPSA) is 103 Å². The molecule has 0 spiro atoms. The average molecular weight is 442 g/mol. The Balaban J connectivity index is 1.28. The number of hydrogen-bond acceptors (Lipinski definition) is 6. The van der Waals surface area contributed by atoms with Crippen LogP contribution < -0.4 is 20.9 Å². The lowest BCUT2D eigenvalue weighted by Gasteiger charge is -2.14. The van der Waals surface area contributed by atoms with Gasteiger partial charge in [-0.1, -0.05) is 6.07 Å². The molecule has 4 amide bonds. The molecule has 0 radical (unpaired) electrons. The van der Waals surface area contributed by atoms with Crippen LogP contribution in [0, 0.1) is 0 Å². The van der Waals surface area contributed by atoms with Crippen molar-refractivity contribution in [2.45, 2.75) is 12.8 Å². The lowest BCUT2D eigenvalue weighted by atomic mass is 10.2. The molecule has 0 bridgehead atoms. The van der Waals surface area contributed by atoms with Gasteiger partial charge in [0, 0.05) is 34.7 Å². The first-order chi connectivity index (χ1) is 14.6. The molecule has 4 rings (SSSR count). The third-order valence-corrected chi connectivity index (χ3v) is 6.06. The maximum atomic E-state index is 12.3. The van der Waals surface area contributed by atoms with Crippen molar-refractivity contribution >= 4 is 57.0 Å². The van der Waals surface area contributed by atoms with Crippen LogP contribution >= 0.6 is 22.7 Å². The number of nitrogens with zero attached hydrogens (tertiary/aromatic N) is 2. The zero-order valence-electron chi connectivity index (χ0n) is 15.9. The second-order valence-electron chi connectivity index (χ2n) is 6.60. The summed E-state index contributed by atoms with van der Waals surface area (Å²) in [5.41, 5.74) is 2.02. The maximum Gasteiger partial charge on any atom is 0.321 e. The minimum absolute atomic E-state index is 0.105. The summed E-state index contributed by atoms with van der Waals surface area (Å²) in [5, 5.41) is 12.5. The Morgan fingerprint density at radius 1 is 1.07 bits per heavy atom. The molecule has 1 aliphatic rings. The number of hydrogen-bond donors (Lipinski definition) is 3. The van der Waals surface area contributed by atoms with E-state index in [0.717, 1.165) is 10.6 Å². The number of nitrogens with one attached hydrogen (secondary N) is 3. The maximum absolute atomic E-state index is 12.3. The van der Waals surface area contributed by atoms with Crippen LogP contribution in [0.15, 0.2) is 47.2 Å². The van der Waals surface area contributed by atoms with Crippen LogP contribution in [0.5, 0.6) is 0 Å². The Labute approximate surface area is 180 Å². The van der Waals surface area contributed by atoms with Crippen molar-refractivity contribution in [3.05, 3.63) is 57.7 Å². The van der Waals surface area contributed by atoms with Crippen molar-refractivity contribution in [2.75, 3.05) is 28.6 Å². The number of thiophene rings is 1. The number of amides is 4. The quantitative estimate of drug-likeness (QED) is 0.524. The van der Waals surface area contributed by atoms with Crippen molar-refractivity contribution in [1.82, 2.24) is 10.3 Å². The molecule has 3 heterocycles. The summed E-state index contributed by atoms with van der Waals surface area (Å²) in [5.74, 6) is -0.335. The van der Waals surface area contributed by atoms with E-state index in [4.69, 9.17) is 0 Å². The third-order valence-electron chi connectivity index (χ3n) is 4.37. The van der Waals surface area contributed by atoms with E-state index in [0.29, 0.717) is 36.0 Å². The van der Waals surface area contributed by atoms with Crippen LogP contribution in [0.25, 0.3) is 0 Å². The van der Waals surface area contributed by atoms with Gasteiger partial charge < -0.3 is 16.0 Å². The molecule has 0 aliphatic carbocycles. The molecule has 3 aromatic rings. The van der Waals surface area contributed by atoms with Gasteiger partial charge in [0.25, 0.3) is 0 Å². The van der Waals surface area contributed by atoms with E-state index < -0.39 is 0 Å². The van der Waals surface area contributed by atoms with Gasteiger partial charge in [-0.2, -0.15) is 0 Å². The number of rotatable bonds is 7. The highest BCUT2D eigenvalue weighted by atomic mass is 32.1. The fourth-order valence-corrected chi connectivity index (χ4v) is 4.42. The molecule has 10 heteroatoms. The highest BCUT2D eigenvalue weighted by Gasteiger charge is 2.20. The van der Waals surface area contributed by atoms with Gasteiger partial charge in [-0.05, 0) is 35.7 Å². The van der Waals surface area contributed by atoms with Crippen molar-refractivity contribution < 1.29 is 14.4 Å². The van der Waals surface area contributed by atoms with Gasteiger partial charge in [-0.25, -0.2) is 9.78 Å². The molecule has 0 atom stereocenters. The van der Waals surface area contributed by atoms with Gasteiger partial charge in [0.05, 0.1) is 18.5 Å². The van der Waals surface area contributed by atoms with Crippen molar-refractivity contribution in [3.63, 3.8) is 0 Å². The first-order valence-corrected chi connectivity index (χ1v) is 11.0. The average Bonchev–Trinajstić information content (AvgIpc) is 3.46. The van der Waals surface area contributed by atoms with Gasteiger partial charge in [-0.15, -0.1) is 22.7 Å². The summed E-state index contributed by atoms with van der Waals surface area (Å²) < 4.78 is 0. The van der Waals surface area contributed by atoms with Crippen LogP contribution in [0.3, 0.4) is 0 Å². The molecule has 1 aliphatic heterocycles. The third kappa shape index (κ3) is 5.02. The Kier molecular flexibility index (Phi) is 6.05. The highest BCUT2D eigenvalue weighted by Crippen LogP contribution is 2.21. The van der Waals surface area contributed by atoms with E-state index in [2.05, 4.69) is 20.9 Å². The van der Waals surface area contributed by atoms with Gasteiger partial charge in [-0.3, -0.25) is 14.5 Å². The highest BCUT2D eigenvalue weighted by molar-refractivity contribution is 7.14. The Morgan fingerprint density at radius 3 is 2.57 bits per heavy atom. The van der Waals surface area contributed by atoms with E-state index in [9.17, 15) is 14.4 Å². The van der Waals surface area contributed by atoms with E-state index >= 15 is 0 Å². The molecule has 1 fully saturated rings. The number of thiazole rings is 1. The fraction of sp³-hybridized carbons (Fsp3) is 0.200. The van der Waals surface area contributed by atoms with Crippen LogP contribution in [0.2, 0.25) is 0 Å². The van der Waals surface area contributed by atoms with Crippen LogP contribution in [-0.4, -0.2) is 35.9 Å². The number of benzene rings is 1. The Hall–Kier alpha value is -3.24. The second-order valence-corrected chi connectivity index (χ2v) is 8.49. The van der Waals surface area contributed by atoms with Crippen molar-refractivity contribution in [2.24, 2.45) is 0 Å². The van der Waals surface area contributed by atoms with Gasteiger partial charge in [0.1, 0.15) is 0 Å². The van der Waals surface area contributed by atoms with Crippen LogP contribution in [0.1, 0.15) is 10.6 Å². The number of anilines is 3. The molecular formula is C20H19N5O3S2. The lowest BCUT2D eigenvalue weighted by Crippen LogP contribution is -2.27. The minimum atomic E-state index is -0.205. The number of carbonyl (C=O) groups is 3. The molecule has 2 aromatic heterocycles. The molecule has 0 saturated carbocycles. The largest absolute Gasteiger partial charge is 0.336 e. The van der Waals surface area contributed by atoms with E-state index in [1.54, 1.807) is 34.5 Å². The van der Waals surface area contributed by atoms with Gasteiger partial charge in [0.2, 0.25) is 11.8 Å². The first-order valence-electron chi connectivity index (χ1n) is 9.29. The standard InChI is InChI=1S/C20H19N5O3S2/c26-17(22-13-3-5-15(6-4-13)25-8-7-21-20(25)28)10-14-12-30-19(23-14)24-18(27)11-16-2-1-9-29-16/h1-6,9,12H,7-8,10-11H2,(H,21,28)(H,22,26)(H,23,24,27). The lowest BCUT2D eigenvalue weighted by molar-refractivity contribution is -0.116. The number of carbonyl (C=O) groups excluding carboxylic acids is 3. The smallest absolute Gasteiger partial charge is 0.321 e. The van der Waals surface area contributed by atoms with E-state index in [1.807, 2.05) is 17.5 Å². The molecular weight excluding hydrogens is 422 g/mol. The summed E-state index contributed by atoms with van der Waals surface area (Å²) in [6.45, 7) is 1.25. The summed E-state index contributed by atoms with van der Waals surface area (Å²) >= 11 is 2.82. The van der Waals surface area contributed by atoms with E-state index in [1.165, 1.54) is 22.7 Å². The predicted molar refractivity (Wildman–Crippen MR) is 118 cm³/mol. The molecule has 3 N–H and O–H groups in total. The normalized spacial score (nSPS) is 13.2.